The van der Waals surface area contributed by atoms with E-state index in [-0.39, 0.29) is 56.3 Å². The predicted octanol–water partition coefficient (Wildman–Crippen LogP) is 0.823. The molecule has 0 aromatic carbocycles. The van der Waals surface area contributed by atoms with Gasteiger partial charge in [-0.25, -0.2) is 0 Å². The second-order valence-corrected chi connectivity index (χ2v) is 6.42. The fourth-order valence-corrected chi connectivity index (χ4v) is 2.10. The van der Waals surface area contributed by atoms with Crippen molar-refractivity contribution in [2.75, 3.05) is 37.1 Å². The number of carbonyl (C=O) groups excluding carboxylic acids is 3. The number of esters is 3. The Morgan fingerprint density at radius 2 is 1.00 bits per heavy atom. The number of carbonyl (C=O) groups is 3. The molecule has 0 amide bonds. The summed E-state index contributed by atoms with van der Waals surface area (Å²) in [6.07, 6.45) is 0.859. The van der Waals surface area contributed by atoms with Crippen molar-refractivity contribution in [3.8, 4) is 0 Å². The summed E-state index contributed by atoms with van der Waals surface area (Å²) in [4.78, 5) is 34.7. The molecular formula is C15H23O6S3-3. The first-order valence-corrected chi connectivity index (χ1v) is 9.37. The normalized spacial score (nSPS) is 11.0. The second-order valence-electron chi connectivity index (χ2n) is 5.20. The quantitative estimate of drug-likeness (QED) is 0.256. The highest BCUT2D eigenvalue weighted by molar-refractivity contribution is 7.59. The summed E-state index contributed by atoms with van der Waals surface area (Å²) in [5, 5.41) is 0. The molecule has 0 unspecified atom stereocenters. The maximum atomic E-state index is 11.6. The van der Waals surface area contributed by atoms with E-state index in [9.17, 15) is 14.4 Å². The molecule has 0 radical (unpaired) electrons. The maximum Gasteiger partial charge on any atom is 0.303 e. The van der Waals surface area contributed by atoms with E-state index < -0.39 is 23.3 Å². The second kappa shape index (κ2) is 13.7. The third-order valence-corrected chi connectivity index (χ3v) is 3.90. The third kappa shape index (κ3) is 10.4. The molecule has 0 aliphatic heterocycles. The van der Waals surface area contributed by atoms with Crippen molar-refractivity contribution in [1.29, 1.82) is 0 Å². The van der Waals surface area contributed by atoms with Crippen molar-refractivity contribution in [3.05, 3.63) is 0 Å². The van der Waals surface area contributed by atoms with Gasteiger partial charge in [0.2, 0.25) is 0 Å². The predicted molar refractivity (Wildman–Crippen MR) is 96.1 cm³/mol. The molecule has 0 heterocycles. The molecule has 0 aliphatic carbocycles. The topological polar surface area (TPSA) is 78.9 Å². The van der Waals surface area contributed by atoms with Crippen LogP contribution in [-0.2, 0) is 66.5 Å². The average Bonchev–Trinajstić information content (AvgIpc) is 2.55. The van der Waals surface area contributed by atoms with Gasteiger partial charge in [-0.3, -0.25) is 14.4 Å². The van der Waals surface area contributed by atoms with E-state index in [0.29, 0.717) is 6.42 Å². The van der Waals surface area contributed by atoms with Gasteiger partial charge in [0.15, 0.2) is 0 Å². The van der Waals surface area contributed by atoms with Gasteiger partial charge < -0.3 is 52.1 Å². The summed E-state index contributed by atoms with van der Waals surface area (Å²) in [6, 6.07) is 0. The van der Waals surface area contributed by atoms with Crippen molar-refractivity contribution >= 4 is 55.8 Å². The van der Waals surface area contributed by atoms with Crippen LogP contribution >= 0.6 is 0 Å². The van der Waals surface area contributed by atoms with Crippen LogP contribution in [0.5, 0.6) is 0 Å². The van der Waals surface area contributed by atoms with Crippen molar-refractivity contribution in [2.45, 2.75) is 32.6 Å². The highest BCUT2D eigenvalue weighted by atomic mass is 32.1. The summed E-state index contributed by atoms with van der Waals surface area (Å²) in [5.41, 5.74) is -0.800. The monoisotopic (exact) mass is 395 g/mol. The van der Waals surface area contributed by atoms with Crippen molar-refractivity contribution in [1.82, 2.24) is 0 Å². The SMILES string of the molecule is CCC(COC(=O)CC[S-])(COC(=O)CC[S-])COC(=O)CC[S-]. The summed E-state index contributed by atoms with van der Waals surface area (Å²) >= 11 is 14.2. The molecule has 9 heteroatoms. The van der Waals surface area contributed by atoms with Crippen LogP contribution < -0.4 is 0 Å². The molecule has 0 saturated carbocycles. The molecular weight excluding hydrogens is 372 g/mol. The van der Waals surface area contributed by atoms with Gasteiger partial charge in [-0.2, -0.15) is 17.3 Å². The number of hydrogen-bond acceptors (Lipinski definition) is 9. The zero-order chi connectivity index (χ0) is 18.4. The highest BCUT2D eigenvalue weighted by Crippen LogP contribution is 2.25. The molecule has 24 heavy (non-hydrogen) atoms. The highest BCUT2D eigenvalue weighted by Gasteiger charge is 2.33. The number of rotatable bonds is 13. The molecule has 6 nitrogen and oxygen atoms in total. The van der Waals surface area contributed by atoms with Crippen LogP contribution in [0.4, 0.5) is 0 Å². The van der Waals surface area contributed by atoms with E-state index in [1.54, 1.807) is 0 Å². The molecule has 140 valence electrons. The minimum absolute atomic E-state index is 0.0278. The fourth-order valence-electron chi connectivity index (χ4n) is 1.60. The van der Waals surface area contributed by atoms with Gasteiger partial charge in [0.25, 0.3) is 0 Å². The van der Waals surface area contributed by atoms with E-state index in [2.05, 4.69) is 0 Å². The minimum atomic E-state index is -0.800. The Morgan fingerprint density at radius 3 is 1.21 bits per heavy atom. The summed E-state index contributed by atoms with van der Waals surface area (Å²) in [7, 11) is 0. The Labute approximate surface area is 159 Å². The zero-order valence-corrected chi connectivity index (χ0v) is 16.2. The van der Waals surface area contributed by atoms with E-state index in [4.69, 9.17) is 52.1 Å². The molecule has 0 rings (SSSR count). The lowest BCUT2D eigenvalue weighted by molar-refractivity contribution is -0.161. The number of ether oxygens (including phenoxy) is 3. The van der Waals surface area contributed by atoms with Crippen LogP contribution in [-0.4, -0.2) is 55.0 Å². The van der Waals surface area contributed by atoms with Gasteiger partial charge in [-0.05, 0) is 6.42 Å². The van der Waals surface area contributed by atoms with E-state index >= 15 is 0 Å². The van der Waals surface area contributed by atoms with Gasteiger partial charge in [-0.15, -0.1) is 0 Å². The van der Waals surface area contributed by atoms with Crippen LogP contribution in [0, 0.1) is 5.41 Å². The lowest BCUT2D eigenvalue weighted by Gasteiger charge is -2.31. The Balaban J connectivity index is 4.81. The lowest BCUT2D eigenvalue weighted by atomic mass is 9.88. The van der Waals surface area contributed by atoms with Crippen LogP contribution in [0.25, 0.3) is 0 Å². The van der Waals surface area contributed by atoms with Crippen molar-refractivity contribution in [3.63, 3.8) is 0 Å². The largest absolute Gasteiger partial charge is 0.792 e. The first-order valence-electron chi connectivity index (χ1n) is 7.64. The molecule has 0 N–H and O–H groups in total. The average molecular weight is 396 g/mol. The Hall–Kier alpha value is -0.540. The first kappa shape index (κ1) is 23.5. The fraction of sp³-hybridized carbons (Fsp3) is 0.800. The summed E-state index contributed by atoms with van der Waals surface area (Å²) < 4.78 is 15.6. The molecule has 0 spiro atoms. The Bertz CT molecular complexity index is 348. The van der Waals surface area contributed by atoms with E-state index in [1.165, 1.54) is 0 Å². The van der Waals surface area contributed by atoms with Crippen LogP contribution in [0.15, 0.2) is 0 Å². The van der Waals surface area contributed by atoms with Crippen molar-refractivity contribution in [2.24, 2.45) is 5.41 Å². The molecule has 0 aromatic rings. The van der Waals surface area contributed by atoms with Crippen LogP contribution in [0.3, 0.4) is 0 Å². The van der Waals surface area contributed by atoms with E-state index in [0.717, 1.165) is 0 Å². The van der Waals surface area contributed by atoms with Gasteiger partial charge in [-0.1, -0.05) is 6.92 Å². The van der Waals surface area contributed by atoms with Gasteiger partial charge >= 0.3 is 17.9 Å². The molecule has 0 fully saturated rings. The summed E-state index contributed by atoms with van der Waals surface area (Å²) in [5.74, 6) is -0.511. The minimum Gasteiger partial charge on any atom is -0.792 e. The maximum absolute atomic E-state index is 11.6. The molecule has 0 aliphatic rings. The van der Waals surface area contributed by atoms with Gasteiger partial charge in [0.1, 0.15) is 19.8 Å². The number of hydrogen-bond donors (Lipinski definition) is 0. The van der Waals surface area contributed by atoms with Crippen molar-refractivity contribution < 1.29 is 28.6 Å². The Kier molecular flexibility index (Phi) is 13.4. The lowest BCUT2D eigenvalue weighted by Crippen LogP contribution is -2.39. The molecule has 0 saturated heterocycles. The zero-order valence-electron chi connectivity index (χ0n) is 13.7. The first-order chi connectivity index (χ1) is 11.4. The van der Waals surface area contributed by atoms with Gasteiger partial charge in [0, 0.05) is 19.3 Å². The van der Waals surface area contributed by atoms with E-state index in [1.807, 2.05) is 6.92 Å². The van der Waals surface area contributed by atoms with Crippen LogP contribution in [0.1, 0.15) is 32.6 Å². The van der Waals surface area contributed by atoms with Crippen LogP contribution in [0.2, 0.25) is 0 Å². The Morgan fingerprint density at radius 1 is 0.708 bits per heavy atom. The molecule has 0 atom stereocenters. The van der Waals surface area contributed by atoms with Gasteiger partial charge in [0.05, 0.1) is 5.41 Å². The molecule has 0 aromatic heterocycles. The summed E-state index contributed by atoms with van der Waals surface area (Å²) in [6.45, 7) is 1.75. The molecule has 0 bridgehead atoms. The third-order valence-electron chi connectivity index (χ3n) is 3.29. The smallest absolute Gasteiger partial charge is 0.303 e. The standard InChI is InChI=1S/C15H26O6S3/c1-2-15(9-19-12(16)3-6-22,10-20-13(17)4-7-23)11-21-14(18)5-8-24/h22-24H,2-11H2,1H3/p-3.